The second-order valence-corrected chi connectivity index (χ2v) is 2.28. The highest BCUT2D eigenvalue weighted by Crippen LogP contribution is 2.20. The number of hydrogen-bond donors (Lipinski definition) is 2. The van der Waals surface area contributed by atoms with Crippen LogP contribution in [-0.4, -0.2) is 5.11 Å². The molecule has 1 rings (SSSR count). The molecule has 12 heavy (non-hydrogen) atoms. The fraction of sp³-hybridized carbons (Fsp3) is 0. The van der Waals surface area contributed by atoms with Crippen LogP contribution in [0.1, 0.15) is 5.56 Å². The van der Waals surface area contributed by atoms with Crippen LogP contribution in [-0.2, 0) is 0 Å². The number of rotatable bonds is 1. The summed E-state index contributed by atoms with van der Waals surface area (Å²) in [7, 11) is 0. The molecule has 0 bridgehead atoms. The largest absolute Gasteiger partial charge is 0.507 e. The first-order valence-electron chi connectivity index (χ1n) is 3.38. The predicted molar refractivity (Wildman–Crippen MR) is 47.2 cm³/mol. The Morgan fingerprint density at radius 2 is 2.25 bits per heavy atom. The van der Waals surface area contributed by atoms with Crippen molar-refractivity contribution in [2.75, 3.05) is 5.73 Å². The van der Waals surface area contributed by atoms with Crippen LogP contribution in [0.4, 0.5) is 5.69 Å². The van der Waals surface area contributed by atoms with Gasteiger partial charge < -0.3 is 10.8 Å². The highest BCUT2D eigenvalue weighted by molar-refractivity contribution is 5.63. The van der Waals surface area contributed by atoms with Crippen molar-refractivity contribution < 1.29 is 5.11 Å². The molecule has 0 fully saturated rings. The Morgan fingerprint density at radius 1 is 1.50 bits per heavy atom. The summed E-state index contributed by atoms with van der Waals surface area (Å²) < 4.78 is 0. The number of nitrogens with zero attached hydrogens (tertiary/aromatic N) is 1. The van der Waals surface area contributed by atoms with Crippen molar-refractivity contribution >= 4 is 11.8 Å². The van der Waals surface area contributed by atoms with E-state index in [0.29, 0.717) is 11.3 Å². The first-order valence-corrected chi connectivity index (χ1v) is 3.38. The molecule has 0 spiro atoms. The fourth-order valence-electron chi connectivity index (χ4n) is 0.834. The lowest BCUT2D eigenvalue weighted by molar-refractivity contribution is 0.474. The predicted octanol–water partition coefficient (Wildman–Crippen LogP) is 1.51. The molecule has 0 aliphatic carbocycles. The highest BCUT2D eigenvalue weighted by atomic mass is 16.3. The van der Waals surface area contributed by atoms with Crippen molar-refractivity contribution in [1.29, 1.82) is 5.26 Å². The van der Waals surface area contributed by atoms with Crippen LogP contribution in [0.15, 0.2) is 24.3 Å². The van der Waals surface area contributed by atoms with Gasteiger partial charge in [-0.05, 0) is 24.3 Å². The number of benzene rings is 1. The number of nitriles is 1. The van der Waals surface area contributed by atoms with Gasteiger partial charge in [0.15, 0.2) is 0 Å². The van der Waals surface area contributed by atoms with Gasteiger partial charge in [0.25, 0.3) is 0 Å². The molecule has 0 heterocycles. The zero-order chi connectivity index (χ0) is 8.97. The maximum absolute atomic E-state index is 9.25. The maximum Gasteiger partial charge on any atom is 0.122 e. The first-order chi connectivity index (χ1) is 5.74. The smallest absolute Gasteiger partial charge is 0.122 e. The second kappa shape index (κ2) is 3.44. The summed E-state index contributed by atoms with van der Waals surface area (Å²) in [6.45, 7) is 0. The first kappa shape index (κ1) is 8.15. The molecule has 0 amide bonds. The number of anilines is 1. The van der Waals surface area contributed by atoms with Gasteiger partial charge in [0, 0.05) is 17.3 Å². The van der Waals surface area contributed by atoms with E-state index in [0.717, 1.165) is 0 Å². The number of phenols is 1. The Hall–Kier alpha value is -1.95. The van der Waals surface area contributed by atoms with Crippen molar-refractivity contribution in [1.82, 2.24) is 0 Å². The van der Waals surface area contributed by atoms with Gasteiger partial charge in [-0.15, -0.1) is 0 Å². The van der Waals surface area contributed by atoms with E-state index in [4.69, 9.17) is 11.0 Å². The monoisotopic (exact) mass is 160 g/mol. The van der Waals surface area contributed by atoms with Gasteiger partial charge in [0.2, 0.25) is 0 Å². The lowest BCUT2D eigenvalue weighted by atomic mass is 10.1. The van der Waals surface area contributed by atoms with E-state index in [1.165, 1.54) is 18.2 Å². The summed E-state index contributed by atoms with van der Waals surface area (Å²) in [4.78, 5) is 0. The molecule has 0 saturated carbocycles. The standard InChI is InChI=1S/C9H8N2O/c10-5-1-2-7-6-8(11)3-4-9(7)12/h1-4,6,12H,11H2. The van der Waals surface area contributed by atoms with Gasteiger partial charge in [-0.25, -0.2) is 0 Å². The van der Waals surface area contributed by atoms with Crippen LogP contribution in [0.25, 0.3) is 6.08 Å². The molecule has 60 valence electrons. The summed E-state index contributed by atoms with van der Waals surface area (Å²) in [5.41, 5.74) is 6.58. The van der Waals surface area contributed by atoms with Crippen molar-refractivity contribution in [3.8, 4) is 11.8 Å². The molecule has 0 aliphatic rings. The molecular weight excluding hydrogens is 152 g/mol. The lowest BCUT2D eigenvalue weighted by Gasteiger charge is -1.98. The quantitative estimate of drug-likeness (QED) is 0.371. The van der Waals surface area contributed by atoms with Crippen LogP contribution in [0.3, 0.4) is 0 Å². The van der Waals surface area contributed by atoms with E-state index in [-0.39, 0.29) is 5.75 Å². The molecule has 1 aromatic carbocycles. The van der Waals surface area contributed by atoms with Crippen LogP contribution < -0.4 is 5.73 Å². The number of nitrogen functional groups attached to an aromatic ring is 1. The van der Waals surface area contributed by atoms with E-state index in [9.17, 15) is 5.11 Å². The third kappa shape index (κ3) is 1.77. The van der Waals surface area contributed by atoms with Crippen molar-refractivity contribution in [2.45, 2.75) is 0 Å². The molecule has 3 nitrogen and oxygen atoms in total. The van der Waals surface area contributed by atoms with E-state index in [2.05, 4.69) is 0 Å². The topological polar surface area (TPSA) is 70.0 Å². The van der Waals surface area contributed by atoms with Crippen molar-refractivity contribution in [3.63, 3.8) is 0 Å². The second-order valence-electron chi connectivity index (χ2n) is 2.28. The molecule has 3 heteroatoms. The van der Waals surface area contributed by atoms with Crippen LogP contribution in [0.2, 0.25) is 0 Å². The Bertz CT molecular complexity index is 350. The van der Waals surface area contributed by atoms with Gasteiger partial charge in [-0.1, -0.05) is 0 Å². The molecule has 0 saturated heterocycles. The van der Waals surface area contributed by atoms with Crippen LogP contribution >= 0.6 is 0 Å². The summed E-state index contributed by atoms with van der Waals surface area (Å²) >= 11 is 0. The molecule has 0 unspecified atom stereocenters. The summed E-state index contributed by atoms with van der Waals surface area (Å²) in [5, 5.41) is 17.5. The van der Waals surface area contributed by atoms with Crippen molar-refractivity contribution in [3.05, 3.63) is 29.8 Å². The zero-order valence-electron chi connectivity index (χ0n) is 6.36. The number of allylic oxidation sites excluding steroid dienone is 1. The van der Waals surface area contributed by atoms with Gasteiger partial charge in [-0.2, -0.15) is 5.26 Å². The SMILES string of the molecule is N#CC=Cc1cc(N)ccc1O. The molecule has 0 aromatic heterocycles. The average molecular weight is 160 g/mol. The Balaban J connectivity index is 3.07. The number of aromatic hydroxyl groups is 1. The molecule has 0 radical (unpaired) electrons. The van der Waals surface area contributed by atoms with Gasteiger partial charge >= 0.3 is 0 Å². The lowest BCUT2D eigenvalue weighted by Crippen LogP contribution is -1.84. The number of hydrogen-bond acceptors (Lipinski definition) is 3. The molecule has 1 aromatic rings. The van der Waals surface area contributed by atoms with Gasteiger partial charge in [-0.3, -0.25) is 0 Å². The van der Waals surface area contributed by atoms with Crippen LogP contribution in [0.5, 0.6) is 5.75 Å². The van der Waals surface area contributed by atoms with Gasteiger partial charge in [0.1, 0.15) is 5.75 Å². The minimum atomic E-state index is 0.121. The minimum absolute atomic E-state index is 0.121. The summed E-state index contributed by atoms with van der Waals surface area (Å²) in [5.74, 6) is 0.121. The van der Waals surface area contributed by atoms with E-state index in [1.54, 1.807) is 12.1 Å². The zero-order valence-corrected chi connectivity index (χ0v) is 6.36. The van der Waals surface area contributed by atoms with E-state index in [1.807, 2.05) is 6.07 Å². The molecule has 0 atom stereocenters. The van der Waals surface area contributed by atoms with Crippen LogP contribution in [0, 0.1) is 11.3 Å². The number of phenolic OH excluding ortho intramolecular Hbond substituents is 1. The summed E-state index contributed by atoms with van der Waals surface area (Å²) in [6.07, 6.45) is 2.79. The minimum Gasteiger partial charge on any atom is -0.507 e. The Kier molecular flexibility index (Phi) is 2.34. The maximum atomic E-state index is 9.25. The molecule has 3 N–H and O–H groups in total. The Labute approximate surface area is 70.4 Å². The van der Waals surface area contributed by atoms with E-state index < -0.39 is 0 Å². The third-order valence-corrected chi connectivity index (χ3v) is 1.39. The third-order valence-electron chi connectivity index (χ3n) is 1.39. The molecule has 0 aliphatic heterocycles. The summed E-state index contributed by atoms with van der Waals surface area (Å²) in [6, 6.07) is 6.52. The van der Waals surface area contributed by atoms with Gasteiger partial charge in [0.05, 0.1) is 6.07 Å². The normalized spacial score (nSPS) is 9.92. The highest BCUT2D eigenvalue weighted by Gasteiger charge is 1.95. The molecular formula is C9H8N2O. The average Bonchev–Trinajstić information content (AvgIpc) is 2.07. The number of nitrogens with two attached hydrogens (primary N) is 1. The Morgan fingerprint density at radius 3 is 2.92 bits per heavy atom. The fourth-order valence-corrected chi connectivity index (χ4v) is 0.834. The van der Waals surface area contributed by atoms with E-state index >= 15 is 0 Å². The van der Waals surface area contributed by atoms with Crippen molar-refractivity contribution in [2.24, 2.45) is 0 Å².